The first-order valence-corrected chi connectivity index (χ1v) is 5.41. The summed E-state index contributed by atoms with van der Waals surface area (Å²) in [4.78, 5) is 11.7. The second kappa shape index (κ2) is 4.38. The van der Waals surface area contributed by atoms with Crippen molar-refractivity contribution in [1.29, 1.82) is 0 Å². The van der Waals surface area contributed by atoms with Gasteiger partial charge in [0.1, 0.15) is 0 Å². The van der Waals surface area contributed by atoms with Crippen LogP contribution in [0.2, 0.25) is 0 Å². The van der Waals surface area contributed by atoms with E-state index in [0.717, 1.165) is 17.6 Å². The molecule has 0 aliphatic rings. The molecule has 5 nitrogen and oxygen atoms in total. The van der Waals surface area contributed by atoms with Crippen molar-refractivity contribution in [3.05, 3.63) is 42.2 Å². The zero-order chi connectivity index (χ0) is 11.5. The third-order valence-corrected chi connectivity index (χ3v) is 2.72. The van der Waals surface area contributed by atoms with Crippen LogP contribution in [-0.2, 0) is 0 Å². The smallest absolute Gasteiger partial charge is 0.249 e. The van der Waals surface area contributed by atoms with E-state index < -0.39 is 5.91 Å². The van der Waals surface area contributed by atoms with Gasteiger partial charge in [-0.2, -0.15) is 5.10 Å². The first kappa shape index (κ1) is 10.7. The predicted molar refractivity (Wildman–Crippen MR) is 62.1 cm³/mol. The van der Waals surface area contributed by atoms with Crippen molar-refractivity contribution in [3.8, 4) is 5.69 Å². The zero-order valence-electron chi connectivity index (χ0n) is 8.33. The fourth-order valence-corrected chi connectivity index (χ4v) is 1.86. The summed E-state index contributed by atoms with van der Waals surface area (Å²) in [5, 5.41) is 9.58. The summed E-state index contributed by atoms with van der Waals surface area (Å²) in [6.07, 6.45) is 3.49. The summed E-state index contributed by atoms with van der Waals surface area (Å²) >= 11 is 0.993. The molecule has 1 aromatic heterocycles. The van der Waals surface area contributed by atoms with Crippen molar-refractivity contribution in [1.82, 2.24) is 9.78 Å². The van der Waals surface area contributed by atoms with Crippen LogP contribution < -0.4 is 10.9 Å². The Morgan fingerprint density at radius 1 is 1.44 bits per heavy atom. The number of amides is 1. The van der Waals surface area contributed by atoms with E-state index >= 15 is 0 Å². The Morgan fingerprint density at radius 3 is 2.81 bits per heavy atom. The van der Waals surface area contributed by atoms with E-state index in [1.54, 1.807) is 29.1 Å². The van der Waals surface area contributed by atoms with Gasteiger partial charge in [0.25, 0.3) is 0 Å². The molecule has 6 heteroatoms. The Bertz CT molecular complexity index is 510. The second-order valence-corrected chi connectivity index (χ2v) is 3.79. The van der Waals surface area contributed by atoms with E-state index in [1.165, 1.54) is 0 Å². The average molecular weight is 234 g/mol. The molecule has 0 saturated heterocycles. The molecule has 1 aromatic carbocycles. The summed E-state index contributed by atoms with van der Waals surface area (Å²) in [6.45, 7) is 0. The van der Waals surface area contributed by atoms with Crippen LogP contribution in [0.5, 0.6) is 0 Å². The summed E-state index contributed by atoms with van der Waals surface area (Å²) in [7, 11) is 0. The normalized spacial score (nSPS) is 10.3. The maximum atomic E-state index is 11.1. The van der Waals surface area contributed by atoms with Gasteiger partial charge in [-0.25, -0.2) is 4.68 Å². The van der Waals surface area contributed by atoms with Gasteiger partial charge in [0.2, 0.25) is 5.91 Å². The highest BCUT2D eigenvalue weighted by atomic mass is 32.2. The predicted octanol–water partition coefficient (Wildman–Crippen LogP) is 0.937. The fraction of sp³-hybridized carbons (Fsp3) is 0. The van der Waals surface area contributed by atoms with Crippen LogP contribution >= 0.6 is 11.9 Å². The van der Waals surface area contributed by atoms with Crippen LogP contribution in [0.1, 0.15) is 10.4 Å². The largest absolute Gasteiger partial charge is 0.366 e. The van der Waals surface area contributed by atoms with Gasteiger partial charge in [-0.05, 0) is 36.2 Å². The average Bonchev–Trinajstić information content (AvgIpc) is 2.81. The molecule has 0 unspecified atom stereocenters. The number of nitrogens with zero attached hydrogens (tertiary/aromatic N) is 2. The molecule has 0 spiro atoms. The summed E-state index contributed by atoms with van der Waals surface area (Å²) in [5.74, 6) is -0.486. The van der Waals surface area contributed by atoms with Crippen LogP contribution in [-0.4, -0.2) is 15.7 Å². The van der Waals surface area contributed by atoms with Crippen molar-refractivity contribution in [2.75, 3.05) is 0 Å². The molecule has 0 fully saturated rings. The monoisotopic (exact) mass is 234 g/mol. The van der Waals surface area contributed by atoms with Gasteiger partial charge in [-0.1, -0.05) is 0 Å². The van der Waals surface area contributed by atoms with Gasteiger partial charge in [-0.3, -0.25) is 9.93 Å². The van der Waals surface area contributed by atoms with Crippen LogP contribution in [0.3, 0.4) is 0 Å². The maximum Gasteiger partial charge on any atom is 0.249 e. The molecule has 0 atom stereocenters. The Labute approximate surface area is 96.6 Å². The standard InChI is InChI=1S/C10H10N4OS/c11-10(15)8-3-2-7(6-9(8)16-12)14-5-1-4-13-14/h1-6H,12H2,(H2,11,15). The lowest BCUT2D eigenvalue weighted by molar-refractivity contribution is 0.0997. The van der Waals surface area contributed by atoms with Crippen molar-refractivity contribution in [2.45, 2.75) is 4.90 Å². The molecule has 0 aliphatic heterocycles. The van der Waals surface area contributed by atoms with Gasteiger partial charge in [0.05, 0.1) is 11.3 Å². The Kier molecular flexibility index (Phi) is 2.93. The van der Waals surface area contributed by atoms with E-state index in [0.29, 0.717) is 10.5 Å². The number of aromatic nitrogens is 2. The molecule has 0 radical (unpaired) electrons. The topological polar surface area (TPSA) is 86.9 Å². The van der Waals surface area contributed by atoms with E-state index in [2.05, 4.69) is 5.10 Å². The number of benzene rings is 1. The zero-order valence-corrected chi connectivity index (χ0v) is 9.15. The fourth-order valence-electron chi connectivity index (χ4n) is 1.38. The molecular formula is C10H10N4OS. The molecular weight excluding hydrogens is 224 g/mol. The third-order valence-electron chi connectivity index (χ3n) is 2.13. The number of primary amides is 1. The van der Waals surface area contributed by atoms with Crippen LogP contribution in [0.25, 0.3) is 5.69 Å². The molecule has 1 amide bonds. The van der Waals surface area contributed by atoms with Crippen molar-refractivity contribution in [2.24, 2.45) is 10.9 Å². The molecule has 2 aromatic rings. The van der Waals surface area contributed by atoms with Gasteiger partial charge >= 0.3 is 0 Å². The minimum Gasteiger partial charge on any atom is -0.366 e. The van der Waals surface area contributed by atoms with Gasteiger partial charge < -0.3 is 5.73 Å². The highest BCUT2D eigenvalue weighted by Gasteiger charge is 2.09. The Morgan fingerprint density at radius 2 is 2.25 bits per heavy atom. The van der Waals surface area contributed by atoms with E-state index in [9.17, 15) is 4.79 Å². The first-order chi connectivity index (χ1) is 7.72. The molecule has 0 saturated carbocycles. The summed E-state index contributed by atoms with van der Waals surface area (Å²) in [6, 6.07) is 7.01. The molecule has 2 rings (SSSR count). The summed E-state index contributed by atoms with van der Waals surface area (Å²) < 4.78 is 1.69. The third kappa shape index (κ3) is 1.93. The molecule has 16 heavy (non-hydrogen) atoms. The van der Waals surface area contributed by atoms with Gasteiger partial charge in [0.15, 0.2) is 0 Å². The highest BCUT2D eigenvalue weighted by Crippen LogP contribution is 2.21. The van der Waals surface area contributed by atoms with E-state index in [1.807, 2.05) is 12.3 Å². The van der Waals surface area contributed by atoms with Crippen molar-refractivity contribution in [3.63, 3.8) is 0 Å². The highest BCUT2D eigenvalue weighted by molar-refractivity contribution is 7.97. The lowest BCUT2D eigenvalue weighted by Crippen LogP contribution is -2.13. The van der Waals surface area contributed by atoms with Gasteiger partial charge in [0, 0.05) is 17.3 Å². The van der Waals surface area contributed by atoms with Crippen LogP contribution in [0, 0.1) is 0 Å². The Hall–Kier alpha value is -1.79. The van der Waals surface area contributed by atoms with Crippen molar-refractivity contribution < 1.29 is 4.79 Å². The number of nitrogens with two attached hydrogens (primary N) is 2. The van der Waals surface area contributed by atoms with E-state index in [-0.39, 0.29) is 0 Å². The SMILES string of the molecule is NSc1cc(-n2cccn2)ccc1C(N)=O. The molecule has 0 bridgehead atoms. The number of hydrogen-bond donors (Lipinski definition) is 2. The number of hydrogen-bond acceptors (Lipinski definition) is 4. The molecule has 1 heterocycles. The first-order valence-electron chi connectivity index (χ1n) is 4.53. The number of carbonyl (C=O) groups is 1. The number of rotatable bonds is 3. The van der Waals surface area contributed by atoms with E-state index in [4.69, 9.17) is 10.9 Å². The lowest BCUT2D eigenvalue weighted by Gasteiger charge is -2.06. The summed E-state index contributed by atoms with van der Waals surface area (Å²) in [5.41, 5.74) is 6.48. The minimum absolute atomic E-state index is 0.420. The minimum atomic E-state index is -0.486. The number of carbonyl (C=O) groups excluding carboxylic acids is 1. The van der Waals surface area contributed by atoms with Gasteiger partial charge in [-0.15, -0.1) is 0 Å². The van der Waals surface area contributed by atoms with Crippen LogP contribution in [0.15, 0.2) is 41.6 Å². The quantitative estimate of drug-likeness (QED) is 0.774. The molecule has 4 N–H and O–H groups in total. The molecule has 0 aliphatic carbocycles. The second-order valence-electron chi connectivity index (χ2n) is 3.11. The van der Waals surface area contributed by atoms with Crippen molar-refractivity contribution >= 4 is 17.9 Å². The Balaban J connectivity index is 2.49. The van der Waals surface area contributed by atoms with Crippen LogP contribution in [0.4, 0.5) is 0 Å². The molecule has 82 valence electrons. The lowest BCUT2D eigenvalue weighted by atomic mass is 10.2. The maximum absolute atomic E-state index is 11.1.